The molecule has 1 aromatic rings. The van der Waals surface area contributed by atoms with Gasteiger partial charge in [0.1, 0.15) is 22.6 Å². The predicted octanol–water partition coefficient (Wildman–Crippen LogP) is 1.33. The fourth-order valence-corrected chi connectivity index (χ4v) is 2.27. The summed E-state index contributed by atoms with van der Waals surface area (Å²) in [6.45, 7) is 0. The number of hydrogen-bond acceptors (Lipinski definition) is 6. The number of aromatic hydroxyl groups is 2. The summed E-state index contributed by atoms with van der Waals surface area (Å²) in [4.78, 5) is 23.6. The quantitative estimate of drug-likeness (QED) is 0.481. The molecule has 6 heteroatoms. The molecule has 0 saturated carbocycles. The molecular weight excluding hydrogens is 264 g/mol. The summed E-state index contributed by atoms with van der Waals surface area (Å²) in [5, 5.41) is 20.5. The number of ether oxygens (including phenoxy) is 2. The molecule has 0 unspecified atom stereocenters. The van der Waals surface area contributed by atoms with Gasteiger partial charge in [-0.15, -0.1) is 0 Å². The normalized spacial score (nSPS) is 12.7. The molecule has 6 nitrogen and oxygen atoms in total. The van der Waals surface area contributed by atoms with Crippen molar-refractivity contribution in [2.24, 2.45) is 0 Å². The van der Waals surface area contributed by atoms with Crippen LogP contribution in [0.2, 0.25) is 0 Å². The van der Waals surface area contributed by atoms with Crippen LogP contribution < -0.4 is 0 Å². The Morgan fingerprint density at radius 1 is 0.900 bits per heavy atom. The summed E-state index contributed by atoms with van der Waals surface area (Å²) in [5.41, 5.74) is 0.0907. The lowest BCUT2D eigenvalue weighted by Gasteiger charge is -2.19. The first-order valence-electron chi connectivity index (χ1n) is 5.94. The van der Waals surface area contributed by atoms with Crippen LogP contribution in [0.15, 0.2) is 12.2 Å². The van der Waals surface area contributed by atoms with E-state index < -0.39 is 11.9 Å². The van der Waals surface area contributed by atoms with Crippen LogP contribution in [0.5, 0.6) is 11.5 Å². The average molecular weight is 278 g/mol. The maximum absolute atomic E-state index is 11.8. The monoisotopic (exact) mass is 278 g/mol. The van der Waals surface area contributed by atoms with Gasteiger partial charge in [-0.3, -0.25) is 0 Å². The van der Waals surface area contributed by atoms with E-state index in [1.54, 1.807) is 12.2 Å². The minimum atomic E-state index is -0.907. The van der Waals surface area contributed by atoms with E-state index in [0.29, 0.717) is 24.0 Å². The fraction of sp³-hybridized carbons (Fsp3) is 0.286. The minimum Gasteiger partial charge on any atom is -0.507 e. The molecule has 0 aromatic heterocycles. The average Bonchev–Trinajstić information content (AvgIpc) is 2.49. The lowest BCUT2D eigenvalue weighted by Crippen LogP contribution is -2.16. The van der Waals surface area contributed by atoms with E-state index >= 15 is 0 Å². The van der Waals surface area contributed by atoms with Crippen molar-refractivity contribution in [1.82, 2.24) is 0 Å². The largest absolute Gasteiger partial charge is 0.507 e. The number of phenols is 2. The van der Waals surface area contributed by atoms with Crippen molar-refractivity contribution in [3.05, 3.63) is 34.4 Å². The Hall–Kier alpha value is -2.50. The van der Waals surface area contributed by atoms with Crippen molar-refractivity contribution >= 4 is 11.9 Å². The second-order valence-corrected chi connectivity index (χ2v) is 4.27. The number of fused-ring (bicyclic) bond motifs is 1. The molecule has 0 amide bonds. The topological polar surface area (TPSA) is 93.1 Å². The van der Waals surface area contributed by atoms with Gasteiger partial charge in [0.2, 0.25) is 0 Å². The predicted molar refractivity (Wildman–Crippen MR) is 69.0 cm³/mol. The van der Waals surface area contributed by atoms with Gasteiger partial charge >= 0.3 is 11.9 Å². The molecule has 0 bridgehead atoms. The van der Waals surface area contributed by atoms with Gasteiger partial charge in [-0.05, 0) is 12.8 Å². The first kappa shape index (κ1) is 13.9. The molecule has 0 radical (unpaired) electrons. The first-order valence-corrected chi connectivity index (χ1v) is 5.94. The summed E-state index contributed by atoms with van der Waals surface area (Å²) < 4.78 is 9.13. The molecule has 2 N–H and O–H groups in total. The van der Waals surface area contributed by atoms with Gasteiger partial charge in [-0.25, -0.2) is 9.59 Å². The van der Waals surface area contributed by atoms with E-state index in [1.165, 1.54) is 0 Å². The lowest BCUT2D eigenvalue weighted by molar-refractivity contribution is 0.0548. The molecule has 1 aliphatic rings. The highest BCUT2D eigenvalue weighted by atomic mass is 16.5. The molecule has 0 spiro atoms. The highest BCUT2D eigenvalue weighted by molar-refractivity contribution is 6.07. The number of carbonyl (C=O) groups is 2. The highest BCUT2D eigenvalue weighted by Crippen LogP contribution is 2.40. The summed E-state index contributed by atoms with van der Waals surface area (Å²) in [6.07, 6.45) is 4.33. The number of carbonyl (C=O) groups excluding carboxylic acids is 2. The Morgan fingerprint density at radius 3 is 1.55 bits per heavy atom. The molecule has 0 fully saturated rings. The van der Waals surface area contributed by atoms with Gasteiger partial charge in [0.15, 0.2) is 0 Å². The van der Waals surface area contributed by atoms with E-state index in [9.17, 15) is 19.8 Å². The number of allylic oxidation sites excluding steroid dienone is 2. The summed E-state index contributed by atoms with van der Waals surface area (Å²) in [7, 11) is 2.25. The fourth-order valence-electron chi connectivity index (χ4n) is 2.27. The van der Waals surface area contributed by atoms with Crippen LogP contribution in [0, 0.1) is 0 Å². The van der Waals surface area contributed by atoms with Gasteiger partial charge in [0.05, 0.1) is 14.2 Å². The third kappa shape index (κ3) is 1.99. The molecule has 2 rings (SSSR count). The number of methoxy groups -OCH3 is 2. The number of benzene rings is 1. The number of esters is 2. The van der Waals surface area contributed by atoms with Crippen LogP contribution in [0.3, 0.4) is 0 Å². The van der Waals surface area contributed by atoms with Crippen LogP contribution in [-0.2, 0) is 22.3 Å². The second kappa shape index (κ2) is 5.24. The SMILES string of the molecule is COC(=O)c1c(O)c2c(c(O)c1C(=O)OC)CC=CC2. The van der Waals surface area contributed by atoms with Crippen LogP contribution in [-0.4, -0.2) is 36.4 Å². The zero-order valence-corrected chi connectivity index (χ0v) is 11.1. The summed E-state index contributed by atoms with van der Waals surface area (Å²) in [5.74, 6) is -2.52. The summed E-state index contributed by atoms with van der Waals surface area (Å²) in [6, 6.07) is 0. The number of rotatable bonds is 2. The minimum absolute atomic E-state index is 0.352. The Bertz CT molecular complexity index is 562. The molecule has 1 aromatic carbocycles. The van der Waals surface area contributed by atoms with E-state index in [0.717, 1.165) is 14.2 Å². The van der Waals surface area contributed by atoms with Crippen LogP contribution in [0.25, 0.3) is 0 Å². The third-order valence-corrected chi connectivity index (χ3v) is 3.25. The van der Waals surface area contributed by atoms with E-state index in [-0.39, 0.29) is 22.6 Å². The maximum Gasteiger partial charge on any atom is 0.342 e. The second-order valence-electron chi connectivity index (χ2n) is 4.27. The van der Waals surface area contributed by atoms with E-state index in [1.807, 2.05) is 0 Å². The Balaban J connectivity index is 2.81. The van der Waals surface area contributed by atoms with Crippen molar-refractivity contribution in [1.29, 1.82) is 0 Å². The number of phenolic OH excluding ortho intramolecular Hbond substituents is 2. The molecule has 106 valence electrons. The van der Waals surface area contributed by atoms with Gasteiger partial charge in [-0.1, -0.05) is 12.2 Å². The third-order valence-electron chi connectivity index (χ3n) is 3.25. The summed E-state index contributed by atoms with van der Waals surface area (Å²) >= 11 is 0. The number of hydrogen-bond donors (Lipinski definition) is 2. The van der Waals surface area contributed by atoms with Crippen molar-refractivity contribution in [2.45, 2.75) is 12.8 Å². The van der Waals surface area contributed by atoms with E-state index in [2.05, 4.69) is 9.47 Å². The molecule has 1 aliphatic carbocycles. The molecule has 0 atom stereocenters. The van der Waals surface area contributed by atoms with Gasteiger partial charge in [-0.2, -0.15) is 0 Å². The lowest BCUT2D eigenvalue weighted by atomic mass is 9.89. The smallest absolute Gasteiger partial charge is 0.342 e. The van der Waals surface area contributed by atoms with Crippen LogP contribution >= 0.6 is 0 Å². The molecule has 0 aliphatic heterocycles. The Morgan fingerprint density at radius 2 is 1.25 bits per heavy atom. The van der Waals surface area contributed by atoms with Gasteiger partial charge in [0.25, 0.3) is 0 Å². The van der Waals surface area contributed by atoms with Crippen molar-refractivity contribution in [2.75, 3.05) is 14.2 Å². The van der Waals surface area contributed by atoms with Crippen LogP contribution in [0.4, 0.5) is 0 Å². The van der Waals surface area contributed by atoms with Crippen molar-refractivity contribution in [3.8, 4) is 11.5 Å². The maximum atomic E-state index is 11.8. The molecule has 20 heavy (non-hydrogen) atoms. The van der Waals surface area contributed by atoms with Gasteiger partial charge in [0, 0.05) is 11.1 Å². The van der Waals surface area contributed by atoms with Crippen molar-refractivity contribution < 1.29 is 29.3 Å². The Kier molecular flexibility index (Phi) is 3.65. The first-order chi connectivity index (χ1) is 9.52. The molecule has 0 saturated heterocycles. The zero-order valence-electron chi connectivity index (χ0n) is 11.1. The van der Waals surface area contributed by atoms with Crippen molar-refractivity contribution in [3.63, 3.8) is 0 Å². The molecule has 0 heterocycles. The molecular formula is C14H14O6. The van der Waals surface area contributed by atoms with Crippen LogP contribution in [0.1, 0.15) is 31.8 Å². The highest BCUT2D eigenvalue weighted by Gasteiger charge is 2.32. The standard InChI is InChI=1S/C14H14O6/c1-19-13(17)9-10(14(18)20-2)12(16)8-6-4-3-5-7(8)11(9)15/h3-4,15-16H,5-6H2,1-2H3. The van der Waals surface area contributed by atoms with Gasteiger partial charge < -0.3 is 19.7 Å². The van der Waals surface area contributed by atoms with E-state index in [4.69, 9.17) is 0 Å². The Labute approximate surface area is 115 Å². The zero-order chi connectivity index (χ0) is 14.9.